The number of nitrogens with zero attached hydrogens (tertiary/aromatic N) is 1. The van der Waals surface area contributed by atoms with E-state index in [2.05, 4.69) is 73.4 Å². The van der Waals surface area contributed by atoms with E-state index in [9.17, 15) is 9.59 Å². The first-order chi connectivity index (χ1) is 16.4. The molecule has 0 aromatic heterocycles. The number of nitrogens with one attached hydrogen (secondary N) is 1. The number of fused-ring (bicyclic) bond motifs is 1. The normalized spacial score (nSPS) is 19.0. The molecule has 1 saturated heterocycles. The largest absolute Gasteiger partial charge is 0.481 e. The summed E-state index contributed by atoms with van der Waals surface area (Å²) >= 11 is 0. The van der Waals surface area contributed by atoms with Gasteiger partial charge in [-0.1, -0.05) is 79.4 Å². The molecule has 0 aliphatic carbocycles. The molecular weight excluding hydrogens is 424 g/mol. The minimum Gasteiger partial charge on any atom is -0.481 e. The SMILES string of the molecule is C=C(CC(=O)O)C(=O)N1CCC(CN[C@H](C)c2cccc3ccccc23)C(c2ccccc2)C1. The maximum absolute atomic E-state index is 12.8. The third kappa shape index (κ3) is 5.37. The second-order valence-electron chi connectivity index (χ2n) is 9.19. The van der Waals surface area contributed by atoms with Crippen LogP contribution in [-0.4, -0.2) is 41.5 Å². The average Bonchev–Trinajstić information content (AvgIpc) is 2.86. The molecule has 1 aliphatic heterocycles. The molecular formula is C29H32N2O3. The number of carboxylic acids is 1. The molecule has 4 rings (SSSR count). The molecule has 5 nitrogen and oxygen atoms in total. The summed E-state index contributed by atoms with van der Waals surface area (Å²) in [7, 11) is 0. The van der Waals surface area contributed by atoms with Crippen LogP contribution in [0.2, 0.25) is 0 Å². The van der Waals surface area contributed by atoms with Crippen LogP contribution in [0.4, 0.5) is 0 Å². The van der Waals surface area contributed by atoms with E-state index in [-0.39, 0.29) is 29.9 Å². The lowest BCUT2D eigenvalue weighted by Gasteiger charge is -2.40. The second kappa shape index (κ2) is 10.7. The van der Waals surface area contributed by atoms with Gasteiger partial charge < -0.3 is 15.3 Å². The highest BCUT2D eigenvalue weighted by Gasteiger charge is 2.33. The van der Waals surface area contributed by atoms with Gasteiger partial charge >= 0.3 is 5.97 Å². The summed E-state index contributed by atoms with van der Waals surface area (Å²) in [4.78, 5) is 25.7. The first-order valence-corrected chi connectivity index (χ1v) is 11.9. The van der Waals surface area contributed by atoms with Crippen LogP contribution in [0.25, 0.3) is 10.8 Å². The zero-order chi connectivity index (χ0) is 24.1. The Kier molecular flexibility index (Phi) is 7.43. The molecule has 34 heavy (non-hydrogen) atoms. The average molecular weight is 457 g/mol. The number of benzene rings is 3. The van der Waals surface area contributed by atoms with Gasteiger partial charge in [0.05, 0.1) is 6.42 Å². The van der Waals surface area contributed by atoms with Crippen molar-refractivity contribution < 1.29 is 14.7 Å². The van der Waals surface area contributed by atoms with E-state index in [0.29, 0.717) is 19.0 Å². The van der Waals surface area contributed by atoms with Crippen molar-refractivity contribution in [1.82, 2.24) is 10.2 Å². The summed E-state index contributed by atoms with van der Waals surface area (Å²) in [5, 5.41) is 15.3. The quantitative estimate of drug-likeness (QED) is 0.460. The van der Waals surface area contributed by atoms with Crippen molar-refractivity contribution in [2.24, 2.45) is 5.92 Å². The van der Waals surface area contributed by atoms with Gasteiger partial charge in [-0.2, -0.15) is 0 Å². The van der Waals surface area contributed by atoms with Crippen molar-refractivity contribution in [3.8, 4) is 0 Å². The highest BCUT2D eigenvalue weighted by Crippen LogP contribution is 2.34. The third-order valence-corrected chi connectivity index (χ3v) is 6.91. The highest BCUT2D eigenvalue weighted by atomic mass is 16.4. The Morgan fingerprint density at radius 3 is 2.53 bits per heavy atom. The molecule has 3 aromatic carbocycles. The van der Waals surface area contributed by atoms with Gasteiger partial charge in [-0.25, -0.2) is 0 Å². The number of carbonyl (C=O) groups is 2. The highest BCUT2D eigenvalue weighted by molar-refractivity contribution is 5.96. The number of amides is 1. The number of piperidine rings is 1. The lowest BCUT2D eigenvalue weighted by molar-refractivity contribution is -0.138. The molecule has 0 radical (unpaired) electrons. The first kappa shape index (κ1) is 23.7. The maximum atomic E-state index is 12.8. The van der Waals surface area contributed by atoms with Gasteiger partial charge in [0.2, 0.25) is 5.91 Å². The van der Waals surface area contributed by atoms with Crippen LogP contribution in [0.1, 0.15) is 42.9 Å². The van der Waals surface area contributed by atoms with Gasteiger partial charge in [0.1, 0.15) is 0 Å². The number of carboxylic acid groups (broad SMARTS) is 1. The fraction of sp³-hybridized carbons (Fsp3) is 0.310. The molecule has 3 aromatic rings. The van der Waals surface area contributed by atoms with Crippen LogP contribution < -0.4 is 5.32 Å². The Labute approximate surface area is 201 Å². The molecule has 1 heterocycles. The van der Waals surface area contributed by atoms with Crippen LogP contribution in [0.15, 0.2) is 84.9 Å². The van der Waals surface area contributed by atoms with E-state index in [0.717, 1.165) is 13.0 Å². The van der Waals surface area contributed by atoms with Gasteiger partial charge in [-0.3, -0.25) is 9.59 Å². The van der Waals surface area contributed by atoms with Crippen LogP contribution in [0, 0.1) is 5.92 Å². The van der Waals surface area contributed by atoms with E-state index >= 15 is 0 Å². The van der Waals surface area contributed by atoms with Crippen LogP contribution in [0.5, 0.6) is 0 Å². The Bertz CT molecular complexity index is 1170. The van der Waals surface area contributed by atoms with Crippen molar-refractivity contribution in [2.45, 2.75) is 31.7 Å². The van der Waals surface area contributed by atoms with Crippen LogP contribution in [0.3, 0.4) is 0 Å². The van der Waals surface area contributed by atoms with E-state index < -0.39 is 5.97 Å². The molecule has 1 amide bonds. The topological polar surface area (TPSA) is 69.6 Å². The van der Waals surface area contributed by atoms with Gasteiger partial charge in [0.15, 0.2) is 0 Å². The molecule has 0 spiro atoms. The van der Waals surface area contributed by atoms with Crippen molar-refractivity contribution in [1.29, 1.82) is 0 Å². The second-order valence-corrected chi connectivity index (χ2v) is 9.19. The van der Waals surface area contributed by atoms with Crippen LogP contribution >= 0.6 is 0 Å². The maximum Gasteiger partial charge on any atom is 0.308 e. The predicted octanol–water partition coefficient (Wildman–Crippen LogP) is 5.15. The number of carbonyl (C=O) groups excluding carboxylic acids is 1. The summed E-state index contributed by atoms with van der Waals surface area (Å²) in [6.07, 6.45) is 0.528. The minimum atomic E-state index is -1.03. The molecule has 3 atom stereocenters. The lowest BCUT2D eigenvalue weighted by atomic mass is 9.80. The molecule has 0 bridgehead atoms. The monoisotopic (exact) mass is 456 g/mol. The van der Waals surface area contributed by atoms with Crippen molar-refractivity contribution in [3.63, 3.8) is 0 Å². The van der Waals surface area contributed by atoms with E-state index in [1.165, 1.54) is 21.9 Å². The Hall–Kier alpha value is -3.44. The van der Waals surface area contributed by atoms with Crippen LogP contribution in [-0.2, 0) is 9.59 Å². The van der Waals surface area contributed by atoms with Crippen molar-refractivity contribution >= 4 is 22.6 Å². The van der Waals surface area contributed by atoms with Gasteiger partial charge in [0, 0.05) is 30.6 Å². The fourth-order valence-corrected chi connectivity index (χ4v) is 5.06. The molecule has 1 fully saturated rings. The molecule has 2 unspecified atom stereocenters. The summed E-state index contributed by atoms with van der Waals surface area (Å²) in [6.45, 7) is 7.93. The predicted molar refractivity (Wildman–Crippen MR) is 136 cm³/mol. The van der Waals surface area contributed by atoms with Gasteiger partial charge in [0.25, 0.3) is 0 Å². The summed E-state index contributed by atoms with van der Waals surface area (Å²) in [5.41, 5.74) is 2.63. The smallest absolute Gasteiger partial charge is 0.308 e. The van der Waals surface area contributed by atoms with E-state index in [1.807, 2.05) is 18.2 Å². The molecule has 2 N–H and O–H groups in total. The summed E-state index contributed by atoms with van der Waals surface area (Å²) in [5.74, 6) is -0.751. The number of rotatable bonds is 8. The molecule has 5 heteroatoms. The number of likely N-dealkylation sites (tertiary alicyclic amines) is 1. The molecule has 1 aliphatic rings. The third-order valence-electron chi connectivity index (χ3n) is 6.91. The number of aliphatic carboxylic acids is 1. The molecule has 0 saturated carbocycles. The van der Waals surface area contributed by atoms with Gasteiger partial charge in [-0.05, 0) is 47.7 Å². The van der Waals surface area contributed by atoms with Crippen molar-refractivity contribution in [3.05, 3.63) is 96.1 Å². The van der Waals surface area contributed by atoms with E-state index in [1.54, 1.807) is 4.90 Å². The summed E-state index contributed by atoms with van der Waals surface area (Å²) in [6, 6.07) is 25.4. The van der Waals surface area contributed by atoms with Crippen molar-refractivity contribution in [2.75, 3.05) is 19.6 Å². The lowest BCUT2D eigenvalue weighted by Crippen LogP contribution is -2.46. The Morgan fingerprint density at radius 2 is 1.76 bits per heavy atom. The van der Waals surface area contributed by atoms with E-state index in [4.69, 9.17) is 5.11 Å². The first-order valence-electron chi connectivity index (χ1n) is 11.9. The standard InChI is InChI=1S/C29H32N2O3/c1-20(17-28(32)33)29(34)31-16-15-24(27(19-31)23-9-4-3-5-10-23)18-30-21(2)25-14-8-12-22-11-6-7-13-26(22)25/h3-14,21,24,27,30H,1,15-19H2,2H3,(H,32,33)/t21-,24?,27?/m1/s1. The zero-order valence-electron chi connectivity index (χ0n) is 19.6. The fourth-order valence-electron chi connectivity index (χ4n) is 5.06. The summed E-state index contributed by atoms with van der Waals surface area (Å²) < 4.78 is 0. The van der Waals surface area contributed by atoms with Gasteiger partial charge in [-0.15, -0.1) is 0 Å². The Balaban J connectivity index is 1.49. The molecule has 176 valence electrons. The minimum absolute atomic E-state index is 0.139. The number of hydrogen-bond donors (Lipinski definition) is 2. The zero-order valence-corrected chi connectivity index (χ0v) is 19.6. The number of hydrogen-bond acceptors (Lipinski definition) is 3. The Morgan fingerprint density at radius 1 is 1.06 bits per heavy atom.